The Kier molecular flexibility index (Phi) is 4.19. The summed E-state index contributed by atoms with van der Waals surface area (Å²) in [7, 11) is 2.05. The Morgan fingerprint density at radius 1 is 1.47 bits per heavy atom. The van der Waals surface area contributed by atoms with Crippen LogP contribution in [0.5, 0.6) is 0 Å². The molecule has 1 aliphatic rings. The van der Waals surface area contributed by atoms with E-state index in [1.54, 1.807) is 0 Å². The third-order valence-electron chi connectivity index (χ3n) is 3.88. The lowest BCUT2D eigenvalue weighted by molar-refractivity contribution is 0.191. The van der Waals surface area contributed by atoms with Crippen LogP contribution in [-0.2, 0) is 0 Å². The van der Waals surface area contributed by atoms with E-state index in [1.165, 1.54) is 30.5 Å². The molecule has 0 radical (unpaired) electrons. The van der Waals surface area contributed by atoms with Gasteiger partial charge in [0.25, 0.3) is 0 Å². The van der Waals surface area contributed by atoms with Crippen LogP contribution >= 0.6 is 0 Å². The molecule has 94 valence electrons. The molecule has 1 aromatic rings. The van der Waals surface area contributed by atoms with E-state index in [-0.39, 0.29) is 0 Å². The van der Waals surface area contributed by atoms with E-state index in [0.717, 1.165) is 6.54 Å². The summed E-state index contributed by atoms with van der Waals surface area (Å²) >= 11 is 0. The number of aryl methyl sites for hydroxylation is 1. The van der Waals surface area contributed by atoms with Gasteiger partial charge in [-0.1, -0.05) is 29.8 Å². The highest BCUT2D eigenvalue weighted by molar-refractivity contribution is 5.25. The lowest BCUT2D eigenvalue weighted by atomic mass is 10.0. The van der Waals surface area contributed by atoms with Crippen LogP contribution in [0.3, 0.4) is 0 Å². The predicted octanol–water partition coefficient (Wildman–Crippen LogP) is 2.74. The zero-order valence-electron chi connectivity index (χ0n) is 11.2. The van der Waals surface area contributed by atoms with Crippen LogP contribution in [0, 0.1) is 6.92 Å². The maximum absolute atomic E-state index is 3.32. The third kappa shape index (κ3) is 2.88. The standard InChI is InChI=1S/C15H24N2/c1-12-6-4-7-14(10-12)13(2)17-9-5-8-15(17)11-16-3/h4,6-7,10,13,15-16H,5,8-9,11H2,1-3H3. The van der Waals surface area contributed by atoms with Gasteiger partial charge in [0.15, 0.2) is 0 Å². The van der Waals surface area contributed by atoms with Gasteiger partial charge < -0.3 is 5.32 Å². The first-order chi connectivity index (χ1) is 8.22. The molecule has 17 heavy (non-hydrogen) atoms. The Morgan fingerprint density at radius 2 is 2.29 bits per heavy atom. The molecule has 0 bridgehead atoms. The van der Waals surface area contributed by atoms with Crippen molar-refractivity contribution in [1.82, 2.24) is 10.2 Å². The SMILES string of the molecule is CNCC1CCCN1C(C)c1cccc(C)c1. The number of likely N-dealkylation sites (tertiary alicyclic amines) is 1. The maximum Gasteiger partial charge on any atom is 0.0323 e. The second-order valence-corrected chi connectivity index (χ2v) is 5.18. The Balaban J connectivity index is 2.11. The molecule has 2 unspecified atom stereocenters. The number of rotatable bonds is 4. The average Bonchev–Trinajstić information content (AvgIpc) is 2.77. The van der Waals surface area contributed by atoms with Gasteiger partial charge in [0.2, 0.25) is 0 Å². The molecule has 2 nitrogen and oxygen atoms in total. The van der Waals surface area contributed by atoms with Crippen molar-refractivity contribution in [1.29, 1.82) is 0 Å². The molecule has 1 aliphatic heterocycles. The molecule has 1 heterocycles. The minimum absolute atomic E-state index is 0.538. The van der Waals surface area contributed by atoms with Gasteiger partial charge in [-0.15, -0.1) is 0 Å². The van der Waals surface area contributed by atoms with Gasteiger partial charge in [0.1, 0.15) is 0 Å². The van der Waals surface area contributed by atoms with Crippen LogP contribution in [0.2, 0.25) is 0 Å². The van der Waals surface area contributed by atoms with E-state index in [0.29, 0.717) is 12.1 Å². The normalized spacial score (nSPS) is 22.9. The van der Waals surface area contributed by atoms with Crippen LogP contribution in [-0.4, -0.2) is 31.1 Å². The molecular formula is C15H24N2. The maximum atomic E-state index is 3.32. The van der Waals surface area contributed by atoms with E-state index < -0.39 is 0 Å². The number of nitrogens with zero attached hydrogens (tertiary/aromatic N) is 1. The highest BCUT2D eigenvalue weighted by Gasteiger charge is 2.28. The number of benzene rings is 1. The summed E-state index contributed by atoms with van der Waals surface area (Å²) < 4.78 is 0. The number of nitrogens with one attached hydrogen (secondary N) is 1. The summed E-state index contributed by atoms with van der Waals surface area (Å²) in [4.78, 5) is 2.64. The Labute approximate surface area is 105 Å². The molecule has 1 saturated heterocycles. The first kappa shape index (κ1) is 12.6. The summed E-state index contributed by atoms with van der Waals surface area (Å²) in [6, 6.07) is 10.2. The van der Waals surface area contributed by atoms with Gasteiger partial charge in [-0.2, -0.15) is 0 Å². The zero-order valence-corrected chi connectivity index (χ0v) is 11.2. The second-order valence-electron chi connectivity index (χ2n) is 5.18. The van der Waals surface area contributed by atoms with Crippen molar-refractivity contribution < 1.29 is 0 Å². The molecule has 2 rings (SSSR count). The van der Waals surface area contributed by atoms with Crippen molar-refractivity contribution in [2.24, 2.45) is 0 Å². The van der Waals surface area contributed by atoms with Crippen molar-refractivity contribution in [3.8, 4) is 0 Å². The van der Waals surface area contributed by atoms with E-state index in [2.05, 4.69) is 48.3 Å². The fraction of sp³-hybridized carbons (Fsp3) is 0.600. The first-order valence-corrected chi connectivity index (χ1v) is 6.69. The van der Waals surface area contributed by atoms with Gasteiger partial charge in [-0.25, -0.2) is 0 Å². The van der Waals surface area contributed by atoms with Crippen LogP contribution in [0.4, 0.5) is 0 Å². The Morgan fingerprint density at radius 3 is 3.00 bits per heavy atom. The van der Waals surface area contributed by atoms with E-state index in [1.807, 2.05) is 7.05 Å². The fourth-order valence-electron chi connectivity index (χ4n) is 2.94. The minimum atomic E-state index is 0.538. The van der Waals surface area contributed by atoms with Crippen LogP contribution in [0.15, 0.2) is 24.3 Å². The molecule has 0 aromatic heterocycles. The predicted molar refractivity (Wildman–Crippen MR) is 73.2 cm³/mol. The topological polar surface area (TPSA) is 15.3 Å². The molecule has 0 spiro atoms. The van der Waals surface area contributed by atoms with Crippen LogP contribution in [0.1, 0.15) is 36.9 Å². The van der Waals surface area contributed by atoms with E-state index >= 15 is 0 Å². The van der Waals surface area contributed by atoms with Crippen molar-refractivity contribution in [3.63, 3.8) is 0 Å². The van der Waals surface area contributed by atoms with Gasteiger partial charge in [-0.05, 0) is 45.8 Å². The van der Waals surface area contributed by atoms with Gasteiger partial charge >= 0.3 is 0 Å². The summed E-state index contributed by atoms with van der Waals surface area (Å²) in [6.45, 7) is 6.85. The monoisotopic (exact) mass is 232 g/mol. The fourth-order valence-corrected chi connectivity index (χ4v) is 2.94. The smallest absolute Gasteiger partial charge is 0.0323 e. The zero-order chi connectivity index (χ0) is 12.3. The summed E-state index contributed by atoms with van der Waals surface area (Å²) in [5.41, 5.74) is 2.81. The number of hydrogen-bond donors (Lipinski definition) is 1. The Hall–Kier alpha value is -0.860. The van der Waals surface area contributed by atoms with Gasteiger partial charge in [0, 0.05) is 18.6 Å². The average molecular weight is 232 g/mol. The third-order valence-corrected chi connectivity index (χ3v) is 3.88. The molecule has 1 N–H and O–H groups in total. The number of likely N-dealkylation sites (N-methyl/N-ethyl adjacent to an activating group) is 1. The van der Waals surface area contributed by atoms with Crippen molar-refractivity contribution in [2.75, 3.05) is 20.1 Å². The van der Waals surface area contributed by atoms with Crippen molar-refractivity contribution in [3.05, 3.63) is 35.4 Å². The lowest BCUT2D eigenvalue weighted by Crippen LogP contribution is -2.38. The quantitative estimate of drug-likeness (QED) is 0.858. The van der Waals surface area contributed by atoms with Gasteiger partial charge in [0.05, 0.1) is 0 Å². The van der Waals surface area contributed by atoms with E-state index in [4.69, 9.17) is 0 Å². The van der Waals surface area contributed by atoms with Crippen molar-refractivity contribution >= 4 is 0 Å². The van der Waals surface area contributed by atoms with Crippen molar-refractivity contribution in [2.45, 2.75) is 38.8 Å². The summed E-state index contributed by atoms with van der Waals surface area (Å²) in [6.07, 6.45) is 2.67. The molecular weight excluding hydrogens is 208 g/mol. The summed E-state index contributed by atoms with van der Waals surface area (Å²) in [5, 5.41) is 3.32. The largest absolute Gasteiger partial charge is 0.318 e. The molecule has 1 aromatic carbocycles. The molecule has 0 saturated carbocycles. The highest BCUT2D eigenvalue weighted by Crippen LogP contribution is 2.29. The van der Waals surface area contributed by atoms with E-state index in [9.17, 15) is 0 Å². The Bertz CT molecular complexity index is 362. The molecule has 2 atom stereocenters. The lowest BCUT2D eigenvalue weighted by Gasteiger charge is -2.31. The molecule has 2 heteroatoms. The molecule has 1 fully saturated rings. The second kappa shape index (κ2) is 5.65. The molecule has 0 aliphatic carbocycles. The van der Waals surface area contributed by atoms with Gasteiger partial charge in [-0.3, -0.25) is 4.90 Å². The highest BCUT2D eigenvalue weighted by atomic mass is 15.2. The molecule has 0 amide bonds. The minimum Gasteiger partial charge on any atom is -0.318 e. The number of hydrogen-bond acceptors (Lipinski definition) is 2. The summed E-state index contributed by atoms with van der Waals surface area (Å²) in [5.74, 6) is 0. The van der Waals surface area contributed by atoms with Crippen LogP contribution in [0.25, 0.3) is 0 Å². The van der Waals surface area contributed by atoms with Crippen LogP contribution < -0.4 is 5.32 Å². The first-order valence-electron chi connectivity index (χ1n) is 6.69.